The number of alkyl halides is 3. The molecule has 7 rings (SSSR count). The first-order valence-electron chi connectivity index (χ1n) is 16.7. The van der Waals surface area contributed by atoms with E-state index < -0.39 is 23.2 Å². The standard InChI is InChI=1S/C36H38F3N9O/c1-22(2)30-6-4-5-13-47(30)19-23-14-26-28(29(15-23)36(37,38)39)20-48(34(26)49)32-17-24(16-31(43-32)44-35(8-9-35)10-11-40)27-18-41-12-7-25(27)33-45-42-21-46(33)3/h7,12,14-18,21-22,30H,4-6,8-10,13,19-20H2,1-3H3,(H,43,44). The average Bonchev–Trinajstić information content (AvgIpc) is 3.54. The second-order valence-corrected chi connectivity index (χ2v) is 13.9. The minimum atomic E-state index is -4.64. The molecule has 49 heavy (non-hydrogen) atoms. The number of aromatic nitrogens is 5. The highest BCUT2D eigenvalue weighted by Crippen LogP contribution is 2.44. The molecule has 2 fully saturated rings. The van der Waals surface area contributed by atoms with E-state index in [2.05, 4.69) is 45.3 Å². The molecule has 0 bridgehead atoms. The summed E-state index contributed by atoms with van der Waals surface area (Å²) in [6.45, 7) is 5.17. The molecule has 4 aromatic rings. The van der Waals surface area contributed by atoms with Gasteiger partial charge in [0, 0.05) is 48.7 Å². The van der Waals surface area contributed by atoms with E-state index in [1.54, 1.807) is 35.4 Å². The molecule has 3 aromatic heterocycles. The van der Waals surface area contributed by atoms with E-state index in [9.17, 15) is 23.2 Å². The fourth-order valence-electron chi connectivity index (χ4n) is 7.34. The van der Waals surface area contributed by atoms with Gasteiger partial charge in [-0.25, -0.2) is 4.98 Å². The Balaban J connectivity index is 1.30. The Hall–Kier alpha value is -4.83. The van der Waals surface area contributed by atoms with Crippen molar-refractivity contribution in [2.75, 3.05) is 16.8 Å². The van der Waals surface area contributed by atoms with E-state index in [-0.39, 0.29) is 36.0 Å². The number of hydrogen-bond acceptors (Lipinski definition) is 8. The van der Waals surface area contributed by atoms with Gasteiger partial charge in [-0.15, -0.1) is 10.2 Å². The van der Waals surface area contributed by atoms with Gasteiger partial charge in [0.25, 0.3) is 5.91 Å². The van der Waals surface area contributed by atoms with Crippen LogP contribution in [0.25, 0.3) is 22.5 Å². The number of fused-ring (bicyclic) bond motifs is 1. The van der Waals surface area contributed by atoms with Crippen molar-refractivity contribution in [3.63, 3.8) is 0 Å². The normalized spacial score (nSPS) is 18.9. The van der Waals surface area contributed by atoms with Crippen molar-refractivity contribution in [2.24, 2.45) is 13.0 Å². The predicted octanol–water partition coefficient (Wildman–Crippen LogP) is 6.99. The number of rotatable bonds is 9. The number of likely N-dealkylation sites (tertiary alicyclic amines) is 1. The van der Waals surface area contributed by atoms with Crippen molar-refractivity contribution in [3.8, 4) is 28.6 Å². The van der Waals surface area contributed by atoms with Gasteiger partial charge in [0.05, 0.1) is 30.1 Å². The highest BCUT2D eigenvalue weighted by molar-refractivity contribution is 6.10. The molecule has 2 aliphatic heterocycles. The summed E-state index contributed by atoms with van der Waals surface area (Å²) in [6, 6.07) is 10.7. The maximum absolute atomic E-state index is 14.7. The number of hydrogen-bond donors (Lipinski definition) is 1. The Kier molecular flexibility index (Phi) is 8.39. The largest absolute Gasteiger partial charge is 0.416 e. The predicted molar refractivity (Wildman–Crippen MR) is 178 cm³/mol. The third kappa shape index (κ3) is 6.37. The summed E-state index contributed by atoms with van der Waals surface area (Å²) in [7, 11) is 1.82. The van der Waals surface area contributed by atoms with Crippen LogP contribution in [0, 0.1) is 17.2 Å². The van der Waals surface area contributed by atoms with Crippen LogP contribution in [0.15, 0.2) is 49.1 Å². The topological polar surface area (TPSA) is 116 Å². The van der Waals surface area contributed by atoms with Gasteiger partial charge >= 0.3 is 6.18 Å². The lowest BCUT2D eigenvalue weighted by Gasteiger charge is -2.38. The number of piperidine rings is 1. The second-order valence-electron chi connectivity index (χ2n) is 13.9. The fraction of sp³-hybridized carbons (Fsp3) is 0.444. The number of anilines is 2. The quantitative estimate of drug-likeness (QED) is 0.203. The monoisotopic (exact) mass is 669 g/mol. The number of nitrogens with zero attached hydrogens (tertiary/aromatic N) is 8. The summed E-state index contributed by atoms with van der Waals surface area (Å²) in [5.74, 6) is 1.04. The van der Waals surface area contributed by atoms with Crippen LogP contribution in [0.1, 0.15) is 79.4 Å². The van der Waals surface area contributed by atoms with Gasteiger partial charge in [0.15, 0.2) is 5.82 Å². The molecular weight excluding hydrogens is 631 g/mol. The van der Waals surface area contributed by atoms with Crippen LogP contribution < -0.4 is 10.2 Å². The van der Waals surface area contributed by atoms with Gasteiger partial charge in [-0.2, -0.15) is 18.4 Å². The molecule has 254 valence electrons. The Morgan fingerprint density at radius 2 is 1.94 bits per heavy atom. The minimum Gasteiger partial charge on any atom is -0.364 e. The molecule has 3 aliphatic rings. The molecule has 1 saturated carbocycles. The third-order valence-corrected chi connectivity index (χ3v) is 10.1. The van der Waals surface area contributed by atoms with Crippen LogP contribution in [0.3, 0.4) is 0 Å². The van der Waals surface area contributed by atoms with Crippen molar-refractivity contribution in [3.05, 3.63) is 71.3 Å². The maximum Gasteiger partial charge on any atom is 0.416 e. The number of aryl methyl sites for hydroxylation is 1. The van der Waals surface area contributed by atoms with Crippen LogP contribution in [-0.2, 0) is 26.3 Å². The lowest BCUT2D eigenvalue weighted by atomic mass is 9.91. The zero-order chi connectivity index (χ0) is 34.5. The van der Waals surface area contributed by atoms with Crippen LogP contribution >= 0.6 is 0 Å². The zero-order valence-electron chi connectivity index (χ0n) is 27.8. The molecule has 1 saturated heterocycles. The highest BCUT2D eigenvalue weighted by atomic mass is 19.4. The summed E-state index contributed by atoms with van der Waals surface area (Å²) >= 11 is 0. The average molecular weight is 670 g/mol. The van der Waals surface area contributed by atoms with Crippen LogP contribution in [0.4, 0.5) is 24.8 Å². The van der Waals surface area contributed by atoms with E-state index in [0.717, 1.165) is 44.2 Å². The van der Waals surface area contributed by atoms with Gasteiger partial charge in [0.1, 0.15) is 18.0 Å². The molecule has 1 atom stereocenters. The first-order valence-corrected chi connectivity index (χ1v) is 16.7. The smallest absolute Gasteiger partial charge is 0.364 e. The molecule has 1 N–H and O–H groups in total. The lowest BCUT2D eigenvalue weighted by molar-refractivity contribution is -0.138. The van der Waals surface area contributed by atoms with Crippen molar-refractivity contribution in [1.29, 1.82) is 5.26 Å². The van der Waals surface area contributed by atoms with Gasteiger partial charge in [-0.05, 0) is 85.2 Å². The van der Waals surface area contributed by atoms with Crippen molar-refractivity contribution >= 4 is 17.5 Å². The minimum absolute atomic E-state index is 0.0497. The number of nitriles is 1. The fourth-order valence-corrected chi connectivity index (χ4v) is 7.34. The molecule has 13 heteroatoms. The molecular formula is C36H38F3N9O. The second kappa shape index (κ2) is 12.6. The molecule has 10 nitrogen and oxygen atoms in total. The molecule has 1 amide bonds. The number of amides is 1. The molecule has 1 aliphatic carbocycles. The van der Waals surface area contributed by atoms with Crippen LogP contribution in [-0.4, -0.2) is 53.7 Å². The maximum atomic E-state index is 14.7. The Labute approximate surface area is 283 Å². The van der Waals surface area contributed by atoms with Gasteiger partial charge in [-0.3, -0.25) is 19.6 Å². The van der Waals surface area contributed by atoms with Crippen molar-refractivity contribution < 1.29 is 18.0 Å². The van der Waals surface area contributed by atoms with E-state index >= 15 is 0 Å². The van der Waals surface area contributed by atoms with Crippen LogP contribution in [0.2, 0.25) is 0 Å². The zero-order valence-corrected chi connectivity index (χ0v) is 27.8. The summed E-state index contributed by atoms with van der Waals surface area (Å²) < 4.78 is 45.8. The van der Waals surface area contributed by atoms with Crippen molar-refractivity contribution in [2.45, 2.75) is 83.2 Å². The van der Waals surface area contributed by atoms with E-state index in [1.807, 2.05) is 19.2 Å². The molecule has 1 aromatic carbocycles. The van der Waals surface area contributed by atoms with Crippen LogP contribution in [0.5, 0.6) is 0 Å². The van der Waals surface area contributed by atoms with E-state index in [4.69, 9.17) is 4.98 Å². The van der Waals surface area contributed by atoms with Gasteiger partial charge in [-0.1, -0.05) is 20.3 Å². The molecule has 1 unspecified atom stereocenters. The number of halogens is 3. The number of benzene rings is 1. The third-order valence-electron chi connectivity index (χ3n) is 10.1. The van der Waals surface area contributed by atoms with Gasteiger partial charge in [0.2, 0.25) is 0 Å². The summed E-state index contributed by atoms with van der Waals surface area (Å²) in [6.07, 6.45) is 5.19. The Morgan fingerprint density at radius 3 is 2.63 bits per heavy atom. The summed E-state index contributed by atoms with van der Waals surface area (Å²) in [5, 5.41) is 21.1. The lowest BCUT2D eigenvalue weighted by Crippen LogP contribution is -2.42. The first kappa shape index (κ1) is 32.7. The summed E-state index contributed by atoms with van der Waals surface area (Å²) in [5.41, 5.74) is 1.29. The van der Waals surface area contributed by atoms with E-state index in [1.165, 1.54) is 11.0 Å². The number of carbonyl (C=O) groups is 1. The molecule has 0 radical (unpaired) electrons. The Bertz CT molecular complexity index is 1940. The Morgan fingerprint density at radius 1 is 1.12 bits per heavy atom. The molecule has 0 spiro atoms. The first-order chi connectivity index (χ1) is 23.5. The molecule has 5 heterocycles. The van der Waals surface area contributed by atoms with E-state index in [0.29, 0.717) is 40.8 Å². The number of carbonyl (C=O) groups excluding carboxylic acids is 1. The summed E-state index contributed by atoms with van der Waals surface area (Å²) in [4.78, 5) is 26.8. The number of pyridine rings is 2. The highest BCUT2D eigenvalue weighted by Gasteiger charge is 2.44. The number of nitrogens with one attached hydrogen (secondary N) is 1. The van der Waals surface area contributed by atoms with Crippen molar-refractivity contribution in [1.82, 2.24) is 29.6 Å². The SMILES string of the molecule is CC(C)C1CCCCN1Cc1cc2c(c(C(F)(F)F)c1)CN(c1cc(-c3cnccc3-c3nncn3C)cc(NC3(CC#N)CC3)n1)C2=O. The van der Waals surface area contributed by atoms with Gasteiger partial charge < -0.3 is 9.88 Å².